The smallest absolute Gasteiger partial charge is 0.237 e. The molecule has 2 fully saturated rings. The van der Waals surface area contributed by atoms with Crippen molar-refractivity contribution in [3.63, 3.8) is 0 Å². The second-order valence-corrected chi connectivity index (χ2v) is 7.48. The van der Waals surface area contributed by atoms with E-state index in [2.05, 4.69) is 45.4 Å². The lowest BCUT2D eigenvalue weighted by Gasteiger charge is -2.18. The highest BCUT2D eigenvalue weighted by molar-refractivity contribution is 14.1. The summed E-state index contributed by atoms with van der Waals surface area (Å²) in [6, 6.07) is 5.68. The van der Waals surface area contributed by atoms with Crippen molar-refractivity contribution in [1.29, 1.82) is 0 Å². The molecule has 0 bridgehead atoms. The van der Waals surface area contributed by atoms with Gasteiger partial charge in [-0.05, 0) is 59.5 Å². The fraction of sp³-hybridized carbons (Fsp3) is 0.429. The van der Waals surface area contributed by atoms with Crippen LogP contribution in [-0.4, -0.2) is 11.8 Å². The third-order valence-electron chi connectivity index (χ3n) is 4.02. The van der Waals surface area contributed by atoms with Gasteiger partial charge in [-0.15, -0.1) is 0 Å². The molecule has 2 unspecified atom stereocenters. The number of imide groups is 1. The molecule has 1 aromatic rings. The average Bonchev–Trinajstić information content (AvgIpc) is 2.84. The highest BCUT2D eigenvalue weighted by Crippen LogP contribution is 2.45. The van der Waals surface area contributed by atoms with Crippen LogP contribution >= 0.6 is 38.5 Å². The van der Waals surface area contributed by atoms with Gasteiger partial charge in [-0.1, -0.05) is 22.9 Å². The molecular formula is C14H13BrINO2. The molecule has 3 nitrogen and oxygen atoms in total. The summed E-state index contributed by atoms with van der Waals surface area (Å²) in [5.74, 6) is 0.243. The second kappa shape index (κ2) is 4.84. The van der Waals surface area contributed by atoms with Crippen LogP contribution in [-0.2, 0) is 9.59 Å². The molecule has 19 heavy (non-hydrogen) atoms. The highest BCUT2D eigenvalue weighted by atomic mass is 127. The van der Waals surface area contributed by atoms with Gasteiger partial charge in [0.15, 0.2) is 0 Å². The zero-order valence-electron chi connectivity index (χ0n) is 10.4. The van der Waals surface area contributed by atoms with Crippen molar-refractivity contribution in [2.75, 3.05) is 4.90 Å². The summed E-state index contributed by atoms with van der Waals surface area (Å²) in [6.45, 7) is 2.12. The van der Waals surface area contributed by atoms with Gasteiger partial charge in [-0.2, -0.15) is 0 Å². The quantitative estimate of drug-likeness (QED) is 0.501. The summed E-state index contributed by atoms with van der Waals surface area (Å²) in [4.78, 5) is 26.4. The van der Waals surface area contributed by atoms with Crippen LogP contribution in [0.4, 0.5) is 5.69 Å². The number of carbonyl (C=O) groups excluding carboxylic acids is 2. The minimum absolute atomic E-state index is 0.0182. The van der Waals surface area contributed by atoms with E-state index < -0.39 is 0 Å². The maximum Gasteiger partial charge on any atom is 0.237 e. The zero-order valence-corrected chi connectivity index (χ0v) is 14.1. The van der Waals surface area contributed by atoms with Gasteiger partial charge in [0.2, 0.25) is 11.8 Å². The number of nitrogens with zero attached hydrogens (tertiary/aromatic N) is 1. The van der Waals surface area contributed by atoms with E-state index in [4.69, 9.17) is 0 Å². The number of carbonyl (C=O) groups is 2. The molecule has 1 saturated heterocycles. The molecule has 5 heteroatoms. The van der Waals surface area contributed by atoms with E-state index in [9.17, 15) is 9.59 Å². The number of rotatable bonds is 1. The Morgan fingerprint density at radius 2 is 1.79 bits per heavy atom. The SMILES string of the molecule is CC1CC2C(=O)N(c3cc(Br)ccc3I)C(=O)C2C1. The molecule has 1 heterocycles. The molecule has 1 aromatic carbocycles. The molecule has 1 saturated carbocycles. The molecule has 0 aromatic heterocycles. The maximum atomic E-state index is 12.5. The predicted octanol–water partition coefficient (Wildman–Crippen LogP) is 3.59. The van der Waals surface area contributed by atoms with E-state index in [-0.39, 0.29) is 23.7 Å². The van der Waals surface area contributed by atoms with Crippen molar-refractivity contribution in [2.24, 2.45) is 17.8 Å². The van der Waals surface area contributed by atoms with Crippen molar-refractivity contribution in [1.82, 2.24) is 0 Å². The van der Waals surface area contributed by atoms with E-state index in [1.54, 1.807) is 0 Å². The highest BCUT2D eigenvalue weighted by Gasteiger charge is 2.52. The van der Waals surface area contributed by atoms with Crippen molar-refractivity contribution in [3.05, 3.63) is 26.2 Å². The van der Waals surface area contributed by atoms with Gasteiger partial charge in [0.05, 0.1) is 17.5 Å². The summed E-state index contributed by atoms with van der Waals surface area (Å²) in [5, 5.41) is 0. The van der Waals surface area contributed by atoms with Gasteiger partial charge in [-0.3, -0.25) is 9.59 Å². The second-order valence-electron chi connectivity index (χ2n) is 5.40. The Morgan fingerprint density at radius 3 is 2.37 bits per heavy atom. The van der Waals surface area contributed by atoms with Crippen molar-refractivity contribution in [2.45, 2.75) is 19.8 Å². The lowest BCUT2D eigenvalue weighted by Crippen LogP contribution is -2.32. The number of amides is 2. The van der Waals surface area contributed by atoms with Gasteiger partial charge in [-0.25, -0.2) is 4.90 Å². The minimum atomic E-state index is -0.0997. The normalized spacial score (nSPS) is 30.1. The van der Waals surface area contributed by atoms with E-state index in [1.807, 2.05) is 18.2 Å². The molecule has 3 rings (SSSR count). The molecule has 100 valence electrons. The van der Waals surface area contributed by atoms with Crippen molar-refractivity contribution < 1.29 is 9.59 Å². The summed E-state index contributed by atoms with van der Waals surface area (Å²) in [6.07, 6.45) is 1.69. The Kier molecular flexibility index (Phi) is 3.45. The Bertz CT molecular complexity index is 551. The third kappa shape index (κ3) is 2.14. The summed E-state index contributed by atoms with van der Waals surface area (Å²) < 4.78 is 1.81. The first-order chi connectivity index (χ1) is 8.99. The first-order valence-corrected chi connectivity index (χ1v) is 8.19. The number of benzene rings is 1. The van der Waals surface area contributed by atoms with Gasteiger partial charge >= 0.3 is 0 Å². The molecule has 2 amide bonds. The van der Waals surface area contributed by atoms with Crippen LogP contribution in [0.5, 0.6) is 0 Å². The van der Waals surface area contributed by atoms with Crippen LogP contribution in [0, 0.1) is 21.3 Å². The summed E-state index contributed by atoms with van der Waals surface area (Å²) in [7, 11) is 0. The number of fused-ring (bicyclic) bond motifs is 1. The number of hydrogen-bond donors (Lipinski definition) is 0. The first kappa shape index (κ1) is 13.5. The molecule has 1 aliphatic carbocycles. The molecule has 2 aliphatic rings. The Balaban J connectivity index is 2.01. The van der Waals surface area contributed by atoms with E-state index in [1.165, 1.54) is 4.90 Å². The molecule has 0 N–H and O–H groups in total. The maximum absolute atomic E-state index is 12.5. The lowest BCUT2D eigenvalue weighted by atomic mass is 10.00. The Morgan fingerprint density at radius 1 is 1.21 bits per heavy atom. The summed E-state index contributed by atoms with van der Waals surface area (Å²) in [5.41, 5.74) is 0.715. The van der Waals surface area contributed by atoms with Crippen molar-refractivity contribution in [3.8, 4) is 0 Å². The van der Waals surface area contributed by atoms with Crippen LogP contribution in [0.25, 0.3) is 0 Å². The van der Waals surface area contributed by atoms with Crippen LogP contribution < -0.4 is 4.90 Å². The monoisotopic (exact) mass is 433 g/mol. The first-order valence-electron chi connectivity index (χ1n) is 6.32. The van der Waals surface area contributed by atoms with Crippen LogP contribution in [0.1, 0.15) is 19.8 Å². The van der Waals surface area contributed by atoms with Gasteiger partial charge < -0.3 is 0 Å². The zero-order chi connectivity index (χ0) is 13.7. The van der Waals surface area contributed by atoms with Crippen molar-refractivity contribution >= 4 is 56.0 Å². The van der Waals surface area contributed by atoms with E-state index in [0.717, 1.165) is 20.9 Å². The third-order valence-corrected chi connectivity index (χ3v) is 5.43. The number of anilines is 1. The fourth-order valence-electron chi connectivity index (χ4n) is 3.17. The fourth-order valence-corrected chi connectivity index (χ4v) is 4.10. The molecule has 2 atom stereocenters. The van der Waals surface area contributed by atoms with E-state index >= 15 is 0 Å². The topological polar surface area (TPSA) is 37.4 Å². The van der Waals surface area contributed by atoms with E-state index in [0.29, 0.717) is 11.6 Å². The number of hydrogen-bond acceptors (Lipinski definition) is 2. The van der Waals surface area contributed by atoms with Crippen LogP contribution in [0.3, 0.4) is 0 Å². The summed E-state index contributed by atoms with van der Waals surface area (Å²) >= 11 is 5.57. The molecule has 0 radical (unpaired) electrons. The molecule has 0 spiro atoms. The van der Waals surface area contributed by atoms with Gasteiger partial charge in [0, 0.05) is 8.04 Å². The average molecular weight is 434 g/mol. The predicted molar refractivity (Wildman–Crippen MR) is 84.7 cm³/mol. The minimum Gasteiger partial charge on any atom is -0.274 e. The lowest BCUT2D eigenvalue weighted by molar-refractivity contribution is -0.123. The van der Waals surface area contributed by atoms with Crippen LogP contribution in [0.2, 0.25) is 0 Å². The largest absolute Gasteiger partial charge is 0.274 e. The molecule has 1 aliphatic heterocycles. The standard InChI is InChI=1S/C14H13BrINO2/c1-7-4-9-10(5-7)14(19)17(13(9)18)12-6-8(15)2-3-11(12)16/h2-3,6-7,9-10H,4-5H2,1H3. The Hall–Kier alpha value is -0.430. The molecular weight excluding hydrogens is 421 g/mol. The van der Waals surface area contributed by atoms with Gasteiger partial charge in [0.1, 0.15) is 0 Å². The number of halogens is 2. The van der Waals surface area contributed by atoms with Gasteiger partial charge in [0.25, 0.3) is 0 Å². The van der Waals surface area contributed by atoms with Crippen LogP contribution in [0.15, 0.2) is 22.7 Å². The Labute approximate surface area is 134 Å².